The molecule has 2 saturated heterocycles. The number of anilines is 1. The Morgan fingerprint density at radius 2 is 1.73 bits per heavy atom. The minimum Gasteiger partial charge on any atom is -0.478 e. The highest BCUT2D eigenvalue weighted by molar-refractivity contribution is 5.89. The van der Waals surface area contributed by atoms with Crippen molar-refractivity contribution < 1.29 is 29.1 Å². The van der Waals surface area contributed by atoms with Crippen molar-refractivity contribution in [2.75, 3.05) is 44.3 Å². The first-order chi connectivity index (χ1) is 16.0. The molecule has 9 nitrogen and oxygen atoms in total. The van der Waals surface area contributed by atoms with Gasteiger partial charge in [0, 0.05) is 56.0 Å². The Balaban J connectivity index is 0.000000331. The van der Waals surface area contributed by atoms with Crippen LogP contribution in [0, 0.1) is 0 Å². The molecule has 2 aromatic rings. The van der Waals surface area contributed by atoms with E-state index in [1.54, 1.807) is 0 Å². The molecule has 2 N–H and O–H groups in total. The number of rotatable bonds is 7. The van der Waals surface area contributed by atoms with E-state index in [2.05, 4.69) is 33.2 Å². The summed E-state index contributed by atoms with van der Waals surface area (Å²) in [5, 5.41) is 19.9. The van der Waals surface area contributed by atoms with Crippen molar-refractivity contribution >= 4 is 17.8 Å². The van der Waals surface area contributed by atoms with Crippen molar-refractivity contribution in [3.05, 3.63) is 48.6 Å². The summed E-state index contributed by atoms with van der Waals surface area (Å²) >= 11 is 0. The molecule has 1 aromatic heterocycles. The molecule has 2 fully saturated rings. The fourth-order valence-electron chi connectivity index (χ4n) is 4.04. The third-order valence-corrected chi connectivity index (χ3v) is 5.73. The molecule has 0 bridgehead atoms. The molecular weight excluding hydrogens is 426 g/mol. The van der Waals surface area contributed by atoms with E-state index in [0.29, 0.717) is 18.2 Å². The van der Waals surface area contributed by atoms with Crippen LogP contribution in [0.2, 0.25) is 0 Å². The molecule has 9 heteroatoms. The SMILES string of the molecule is O=C(O)C=CC(=O)O.c1ccc(-c2cc(N3CCCCC3CCN3CCOCC3)on2)cc1. The zero-order valence-electron chi connectivity index (χ0n) is 18.6. The van der Waals surface area contributed by atoms with Gasteiger partial charge in [-0.1, -0.05) is 35.5 Å². The molecule has 2 aliphatic heterocycles. The average Bonchev–Trinajstić information content (AvgIpc) is 3.33. The number of piperidine rings is 1. The molecule has 2 aliphatic rings. The summed E-state index contributed by atoms with van der Waals surface area (Å²) in [6.45, 7) is 6.08. The van der Waals surface area contributed by atoms with Crippen molar-refractivity contribution in [2.24, 2.45) is 0 Å². The van der Waals surface area contributed by atoms with Crippen LogP contribution in [0.5, 0.6) is 0 Å². The first-order valence-corrected chi connectivity index (χ1v) is 11.3. The molecule has 1 aromatic carbocycles. The third-order valence-electron chi connectivity index (χ3n) is 5.73. The van der Waals surface area contributed by atoms with E-state index >= 15 is 0 Å². The predicted molar refractivity (Wildman–Crippen MR) is 123 cm³/mol. The summed E-state index contributed by atoms with van der Waals surface area (Å²) in [7, 11) is 0. The highest BCUT2D eigenvalue weighted by Gasteiger charge is 2.26. The number of ether oxygens (including phenoxy) is 1. The van der Waals surface area contributed by atoms with Crippen LogP contribution in [0.3, 0.4) is 0 Å². The molecular formula is C24H31N3O6. The van der Waals surface area contributed by atoms with Gasteiger partial charge in [0.25, 0.3) is 0 Å². The molecule has 3 heterocycles. The minimum atomic E-state index is -1.26. The van der Waals surface area contributed by atoms with Crippen molar-refractivity contribution in [1.29, 1.82) is 0 Å². The number of carbonyl (C=O) groups is 2. The van der Waals surface area contributed by atoms with Crippen molar-refractivity contribution in [2.45, 2.75) is 31.7 Å². The number of hydrogen-bond donors (Lipinski definition) is 2. The Kier molecular flexibility index (Phi) is 9.46. The number of carboxylic acids is 2. The van der Waals surface area contributed by atoms with Gasteiger partial charge in [0.15, 0.2) is 0 Å². The van der Waals surface area contributed by atoms with Gasteiger partial charge in [-0.15, -0.1) is 0 Å². The molecule has 0 amide bonds. The molecule has 0 radical (unpaired) electrons. The van der Waals surface area contributed by atoms with Crippen LogP contribution in [0.15, 0.2) is 53.1 Å². The van der Waals surface area contributed by atoms with Crippen molar-refractivity contribution in [1.82, 2.24) is 10.1 Å². The number of aromatic nitrogens is 1. The van der Waals surface area contributed by atoms with Crippen molar-refractivity contribution in [3.63, 3.8) is 0 Å². The van der Waals surface area contributed by atoms with Gasteiger partial charge in [0.2, 0.25) is 5.88 Å². The van der Waals surface area contributed by atoms with E-state index in [9.17, 15) is 9.59 Å². The van der Waals surface area contributed by atoms with Gasteiger partial charge < -0.3 is 24.4 Å². The van der Waals surface area contributed by atoms with E-state index < -0.39 is 11.9 Å². The van der Waals surface area contributed by atoms with Crippen LogP contribution in [0.25, 0.3) is 11.3 Å². The van der Waals surface area contributed by atoms with Gasteiger partial charge in [-0.3, -0.25) is 4.90 Å². The first kappa shape index (κ1) is 24.5. The zero-order valence-corrected chi connectivity index (χ0v) is 18.6. The summed E-state index contributed by atoms with van der Waals surface area (Å²) in [5.74, 6) is -1.59. The second-order valence-corrected chi connectivity index (χ2v) is 8.01. The van der Waals surface area contributed by atoms with Gasteiger partial charge in [-0.25, -0.2) is 9.59 Å². The predicted octanol–water partition coefficient (Wildman–Crippen LogP) is 3.13. The van der Waals surface area contributed by atoms with E-state index in [-0.39, 0.29) is 0 Å². The Morgan fingerprint density at radius 3 is 2.39 bits per heavy atom. The molecule has 1 atom stereocenters. The summed E-state index contributed by atoms with van der Waals surface area (Å²) in [4.78, 5) is 24.1. The Labute approximate surface area is 193 Å². The molecule has 1 unspecified atom stereocenters. The van der Waals surface area contributed by atoms with Gasteiger partial charge >= 0.3 is 11.9 Å². The highest BCUT2D eigenvalue weighted by atomic mass is 16.5. The number of nitrogens with zero attached hydrogens (tertiary/aromatic N) is 3. The van der Waals surface area contributed by atoms with Crippen LogP contribution in [-0.2, 0) is 14.3 Å². The normalized spacial score (nSPS) is 19.2. The van der Waals surface area contributed by atoms with Crippen LogP contribution >= 0.6 is 0 Å². The van der Waals surface area contributed by atoms with Gasteiger partial charge in [-0.2, -0.15) is 0 Å². The van der Waals surface area contributed by atoms with E-state index in [1.807, 2.05) is 18.2 Å². The zero-order chi connectivity index (χ0) is 23.5. The summed E-state index contributed by atoms with van der Waals surface area (Å²) in [5.41, 5.74) is 2.03. The topological polar surface area (TPSA) is 116 Å². The largest absolute Gasteiger partial charge is 0.478 e. The molecule has 33 heavy (non-hydrogen) atoms. The molecule has 4 rings (SSSR count). The van der Waals surface area contributed by atoms with E-state index in [4.69, 9.17) is 19.5 Å². The molecule has 0 spiro atoms. The Morgan fingerprint density at radius 1 is 1.03 bits per heavy atom. The van der Waals surface area contributed by atoms with Gasteiger partial charge in [-0.05, 0) is 25.7 Å². The Bertz CT molecular complexity index is 892. The highest BCUT2D eigenvalue weighted by Crippen LogP contribution is 2.30. The lowest BCUT2D eigenvalue weighted by Crippen LogP contribution is -2.43. The number of carboxylic acid groups (broad SMARTS) is 2. The number of morpholine rings is 1. The van der Waals surface area contributed by atoms with E-state index in [0.717, 1.165) is 56.5 Å². The molecule has 0 aliphatic carbocycles. The molecule has 0 saturated carbocycles. The van der Waals surface area contributed by atoms with Crippen LogP contribution in [0.4, 0.5) is 5.88 Å². The number of hydrogen-bond acceptors (Lipinski definition) is 7. The van der Waals surface area contributed by atoms with Crippen LogP contribution in [-0.4, -0.2) is 77.6 Å². The number of aliphatic carboxylic acids is 2. The summed E-state index contributed by atoms with van der Waals surface area (Å²) < 4.78 is 11.2. The monoisotopic (exact) mass is 457 g/mol. The first-order valence-electron chi connectivity index (χ1n) is 11.3. The fourth-order valence-corrected chi connectivity index (χ4v) is 4.04. The average molecular weight is 458 g/mol. The van der Waals surface area contributed by atoms with Crippen LogP contribution < -0.4 is 4.90 Å². The van der Waals surface area contributed by atoms with Gasteiger partial charge in [0.1, 0.15) is 5.69 Å². The van der Waals surface area contributed by atoms with E-state index in [1.165, 1.54) is 25.7 Å². The lowest BCUT2D eigenvalue weighted by molar-refractivity contribution is -0.134. The maximum atomic E-state index is 9.55. The minimum absolute atomic E-state index is 0.549. The number of benzene rings is 1. The fraction of sp³-hybridized carbons (Fsp3) is 0.458. The summed E-state index contributed by atoms with van der Waals surface area (Å²) in [6, 6.07) is 12.9. The summed E-state index contributed by atoms with van der Waals surface area (Å²) in [6.07, 6.45) is 6.08. The van der Waals surface area contributed by atoms with Gasteiger partial charge in [0.05, 0.1) is 13.2 Å². The lowest BCUT2D eigenvalue weighted by atomic mass is 9.99. The quantitative estimate of drug-likeness (QED) is 0.605. The lowest BCUT2D eigenvalue weighted by Gasteiger charge is -2.37. The van der Waals surface area contributed by atoms with Crippen LogP contribution in [0.1, 0.15) is 25.7 Å². The smallest absolute Gasteiger partial charge is 0.328 e. The van der Waals surface area contributed by atoms with Crippen molar-refractivity contribution in [3.8, 4) is 11.3 Å². The third kappa shape index (κ3) is 8.03. The maximum Gasteiger partial charge on any atom is 0.328 e. The maximum absolute atomic E-state index is 9.55. The molecule has 178 valence electrons. The Hall–Kier alpha value is -3.17. The second-order valence-electron chi connectivity index (χ2n) is 8.01. The standard InChI is InChI=1S/C20H27N3O2.C4H4O4/c1-2-6-17(7-3-1)19-16-20(25-21-19)23-10-5-4-8-18(23)9-11-22-12-14-24-15-13-22;5-3(6)1-2-4(7)8/h1-3,6-7,16,18H,4-5,8-15H2;1-2H,(H,5,6)(H,7,8). The second kappa shape index (κ2) is 12.8.